The fraction of sp³-hybridized carbons (Fsp3) is 0.700. The Labute approximate surface area is 111 Å². The van der Waals surface area contributed by atoms with Gasteiger partial charge in [0.2, 0.25) is 5.91 Å². The van der Waals surface area contributed by atoms with Gasteiger partial charge < -0.3 is 20.5 Å². The Morgan fingerprint density at radius 2 is 1.89 bits per heavy atom. The number of amides is 2. The molecule has 18 heavy (non-hydrogen) atoms. The van der Waals surface area contributed by atoms with E-state index in [9.17, 15) is 14.4 Å². The first-order chi connectivity index (χ1) is 8.15. The number of thiol groups is 1. The SMILES string of the molecule is CC(C)(C)OC(=O)NCC(=O)N[C@@H](CS)C(=O)O. The van der Waals surface area contributed by atoms with Crippen LogP contribution in [0.1, 0.15) is 20.8 Å². The Bertz CT molecular complexity index is 327. The van der Waals surface area contributed by atoms with Crippen molar-refractivity contribution in [2.45, 2.75) is 32.4 Å². The van der Waals surface area contributed by atoms with Crippen LogP contribution in [0, 0.1) is 0 Å². The summed E-state index contributed by atoms with van der Waals surface area (Å²) >= 11 is 3.79. The number of nitrogens with one attached hydrogen (secondary N) is 2. The Balaban J connectivity index is 4.04. The van der Waals surface area contributed by atoms with Gasteiger partial charge in [-0.05, 0) is 20.8 Å². The van der Waals surface area contributed by atoms with Crippen LogP contribution in [0.25, 0.3) is 0 Å². The summed E-state index contributed by atoms with van der Waals surface area (Å²) in [5, 5.41) is 13.1. The lowest BCUT2D eigenvalue weighted by atomic mass is 10.2. The summed E-state index contributed by atoms with van der Waals surface area (Å²) in [5.74, 6) is -1.84. The summed E-state index contributed by atoms with van der Waals surface area (Å²) < 4.78 is 4.91. The second kappa shape index (κ2) is 7.10. The highest BCUT2D eigenvalue weighted by Gasteiger charge is 2.20. The molecule has 0 saturated heterocycles. The van der Waals surface area contributed by atoms with Gasteiger partial charge in [0.25, 0.3) is 0 Å². The van der Waals surface area contributed by atoms with Gasteiger partial charge in [-0.15, -0.1) is 0 Å². The van der Waals surface area contributed by atoms with Gasteiger partial charge in [-0.2, -0.15) is 12.6 Å². The zero-order chi connectivity index (χ0) is 14.3. The molecule has 0 saturated carbocycles. The molecule has 0 aromatic heterocycles. The molecule has 1 atom stereocenters. The van der Waals surface area contributed by atoms with Crippen LogP contribution in [-0.2, 0) is 14.3 Å². The molecule has 7 nitrogen and oxygen atoms in total. The smallest absolute Gasteiger partial charge is 0.408 e. The van der Waals surface area contributed by atoms with E-state index < -0.39 is 29.6 Å². The van der Waals surface area contributed by atoms with Crippen LogP contribution in [-0.4, -0.2) is 47.0 Å². The van der Waals surface area contributed by atoms with E-state index in [4.69, 9.17) is 9.84 Å². The fourth-order valence-corrected chi connectivity index (χ4v) is 1.14. The molecule has 104 valence electrons. The number of hydrogen-bond donors (Lipinski definition) is 4. The molecule has 0 aliphatic rings. The Kier molecular flexibility index (Phi) is 6.53. The van der Waals surface area contributed by atoms with Gasteiger partial charge in [0.1, 0.15) is 18.2 Å². The van der Waals surface area contributed by atoms with Crippen molar-refractivity contribution < 1.29 is 24.2 Å². The molecule has 0 rings (SSSR count). The van der Waals surface area contributed by atoms with Crippen molar-refractivity contribution in [1.29, 1.82) is 0 Å². The van der Waals surface area contributed by atoms with Gasteiger partial charge in [-0.1, -0.05) is 0 Å². The fourth-order valence-electron chi connectivity index (χ4n) is 0.897. The van der Waals surface area contributed by atoms with E-state index in [0.29, 0.717) is 0 Å². The minimum Gasteiger partial charge on any atom is -0.480 e. The van der Waals surface area contributed by atoms with Crippen molar-refractivity contribution >= 4 is 30.6 Å². The third-order valence-electron chi connectivity index (χ3n) is 1.61. The largest absolute Gasteiger partial charge is 0.480 e. The molecule has 0 unspecified atom stereocenters. The summed E-state index contributed by atoms with van der Waals surface area (Å²) in [6, 6.07) is -1.08. The zero-order valence-corrected chi connectivity index (χ0v) is 11.4. The Morgan fingerprint density at radius 3 is 2.28 bits per heavy atom. The van der Waals surface area contributed by atoms with Gasteiger partial charge >= 0.3 is 12.1 Å². The summed E-state index contributed by atoms with van der Waals surface area (Å²) in [5.41, 5.74) is -0.657. The second-order valence-corrected chi connectivity index (χ2v) is 4.86. The normalized spacial score (nSPS) is 12.4. The lowest BCUT2D eigenvalue weighted by Crippen LogP contribution is -2.47. The molecule has 0 aromatic carbocycles. The third-order valence-corrected chi connectivity index (χ3v) is 1.97. The predicted molar refractivity (Wildman–Crippen MR) is 67.7 cm³/mol. The van der Waals surface area contributed by atoms with Crippen LogP contribution in [0.15, 0.2) is 0 Å². The number of hydrogen-bond acceptors (Lipinski definition) is 5. The van der Waals surface area contributed by atoms with Gasteiger partial charge in [-0.25, -0.2) is 9.59 Å². The first kappa shape index (κ1) is 16.6. The number of ether oxygens (including phenoxy) is 1. The zero-order valence-electron chi connectivity index (χ0n) is 10.5. The highest BCUT2D eigenvalue weighted by molar-refractivity contribution is 7.80. The van der Waals surface area contributed by atoms with E-state index in [1.807, 2.05) is 0 Å². The number of rotatable bonds is 5. The van der Waals surface area contributed by atoms with Crippen LogP contribution in [0.4, 0.5) is 4.79 Å². The minimum atomic E-state index is -1.18. The molecule has 2 amide bonds. The van der Waals surface area contributed by atoms with Crippen LogP contribution in [0.5, 0.6) is 0 Å². The van der Waals surface area contributed by atoms with Crippen LogP contribution in [0.3, 0.4) is 0 Å². The average Bonchev–Trinajstić information content (AvgIpc) is 2.20. The van der Waals surface area contributed by atoms with E-state index in [0.717, 1.165) is 0 Å². The Hall–Kier alpha value is -1.44. The van der Waals surface area contributed by atoms with Gasteiger partial charge in [0.15, 0.2) is 0 Å². The lowest BCUT2D eigenvalue weighted by Gasteiger charge is -2.19. The quantitative estimate of drug-likeness (QED) is 0.530. The van der Waals surface area contributed by atoms with Crippen molar-refractivity contribution in [2.24, 2.45) is 0 Å². The molecular weight excluding hydrogens is 260 g/mol. The van der Waals surface area contributed by atoms with E-state index in [1.165, 1.54) is 0 Å². The maximum absolute atomic E-state index is 11.3. The highest BCUT2D eigenvalue weighted by atomic mass is 32.1. The lowest BCUT2D eigenvalue weighted by molar-refractivity contribution is -0.140. The maximum Gasteiger partial charge on any atom is 0.408 e. The summed E-state index contributed by atoms with van der Waals surface area (Å²) in [6.45, 7) is 4.71. The standard InChI is InChI=1S/C10H18N2O5S/c1-10(2,3)17-9(16)11-4-7(13)12-6(5-18)8(14)15/h6,18H,4-5H2,1-3H3,(H,11,16)(H,12,13)(H,14,15)/t6-/m0/s1. The number of carbonyl (C=O) groups is 3. The Morgan fingerprint density at radius 1 is 1.33 bits per heavy atom. The first-order valence-corrected chi connectivity index (χ1v) is 5.89. The molecular formula is C10H18N2O5S. The van der Waals surface area contributed by atoms with Crippen molar-refractivity contribution in [3.05, 3.63) is 0 Å². The number of carbonyl (C=O) groups excluding carboxylic acids is 2. The molecule has 3 N–H and O–H groups in total. The van der Waals surface area contributed by atoms with Crippen LogP contribution < -0.4 is 10.6 Å². The highest BCUT2D eigenvalue weighted by Crippen LogP contribution is 2.05. The molecule has 0 fully saturated rings. The van der Waals surface area contributed by atoms with Crippen molar-refractivity contribution in [2.75, 3.05) is 12.3 Å². The van der Waals surface area contributed by atoms with E-state index in [1.54, 1.807) is 20.8 Å². The second-order valence-electron chi connectivity index (χ2n) is 4.50. The van der Waals surface area contributed by atoms with Crippen molar-refractivity contribution in [3.8, 4) is 0 Å². The first-order valence-electron chi connectivity index (χ1n) is 5.25. The van der Waals surface area contributed by atoms with Gasteiger partial charge in [0, 0.05) is 5.75 Å². The monoisotopic (exact) mass is 278 g/mol. The maximum atomic E-state index is 11.3. The van der Waals surface area contributed by atoms with Gasteiger partial charge in [-0.3, -0.25) is 4.79 Å². The summed E-state index contributed by atoms with van der Waals surface area (Å²) in [4.78, 5) is 33.1. The molecule has 0 heterocycles. The number of carboxylic acids is 1. The van der Waals surface area contributed by atoms with E-state index in [-0.39, 0.29) is 12.3 Å². The van der Waals surface area contributed by atoms with E-state index in [2.05, 4.69) is 23.3 Å². The topological polar surface area (TPSA) is 105 Å². The third kappa shape index (κ3) is 7.77. The van der Waals surface area contributed by atoms with Crippen LogP contribution >= 0.6 is 12.6 Å². The average molecular weight is 278 g/mol. The number of alkyl carbamates (subject to hydrolysis) is 1. The summed E-state index contributed by atoms with van der Waals surface area (Å²) in [7, 11) is 0. The molecule has 0 aromatic rings. The van der Waals surface area contributed by atoms with Crippen molar-refractivity contribution in [3.63, 3.8) is 0 Å². The molecule has 8 heteroatoms. The number of aliphatic carboxylic acids is 1. The summed E-state index contributed by atoms with van der Waals surface area (Å²) in [6.07, 6.45) is -0.740. The van der Waals surface area contributed by atoms with Crippen molar-refractivity contribution in [1.82, 2.24) is 10.6 Å². The molecule has 0 spiro atoms. The van der Waals surface area contributed by atoms with Gasteiger partial charge in [0.05, 0.1) is 0 Å². The number of carboxylic acid groups (broad SMARTS) is 1. The predicted octanol–water partition coefficient (Wildman–Crippen LogP) is 0.0103. The molecule has 0 aliphatic heterocycles. The van der Waals surface area contributed by atoms with E-state index >= 15 is 0 Å². The molecule has 0 radical (unpaired) electrons. The van der Waals surface area contributed by atoms with Crippen LogP contribution in [0.2, 0.25) is 0 Å². The minimum absolute atomic E-state index is 0.0342. The molecule has 0 aliphatic carbocycles. The molecule has 0 bridgehead atoms.